The third kappa shape index (κ3) is 4.58. The zero-order chi connectivity index (χ0) is 18.5. The van der Waals surface area contributed by atoms with E-state index in [1.54, 1.807) is 29.1 Å². The number of ether oxygens (including phenoxy) is 1. The van der Waals surface area contributed by atoms with Crippen LogP contribution in [-0.2, 0) is 11.3 Å². The Morgan fingerprint density at radius 2 is 1.92 bits per heavy atom. The maximum absolute atomic E-state index is 13.5. The van der Waals surface area contributed by atoms with Gasteiger partial charge in [0.25, 0.3) is 5.91 Å². The molecular formula is C18H14ClF2N3O2. The molecule has 0 aliphatic rings. The first-order valence-corrected chi connectivity index (χ1v) is 8.03. The molecule has 1 aromatic heterocycles. The zero-order valence-corrected chi connectivity index (χ0v) is 14.2. The van der Waals surface area contributed by atoms with Gasteiger partial charge in [0.2, 0.25) is 0 Å². The molecule has 1 amide bonds. The summed E-state index contributed by atoms with van der Waals surface area (Å²) >= 11 is 5.86. The van der Waals surface area contributed by atoms with Crippen LogP contribution in [0.5, 0.6) is 5.75 Å². The molecule has 0 aliphatic carbocycles. The van der Waals surface area contributed by atoms with E-state index in [4.69, 9.17) is 16.3 Å². The Bertz CT molecular complexity index is 913. The van der Waals surface area contributed by atoms with Crippen molar-refractivity contribution in [2.45, 2.75) is 6.54 Å². The van der Waals surface area contributed by atoms with Crippen molar-refractivity contribution in [1.29, 1.82) is 0 Å². The number of aromatic nitrogens is 2. The fourth-order valence-corrected chi connectivity index (χ4v) is 2.37. The molecule has 3 rings (SSSR count). The smallest absolute Gasteiger partial charge is 0.263 e. The number of nitrogens with zero attached hydrogens (tertiary/aromatic N) is 2. The SMILES string of the molecule is O=C(COc1ccc(F)cc1F)Nc1ccnn1Cc1ccc(Cl)cc1. The van der Waals surface area contributed by atoms with E-state index in [0.717, 1.165) is 17.7 Å². The molecule has 1 heterocycles. The molecule has 0 saturated heterocycles. The maximum Gasteiger partial charge on any atom is 0.263 e. The number of carbonyl (C=O) groups is 1. The van der Waals surface area contributed by atoms with Crippen LogP contribution >= 0.6 is 11.6 Å². The van der Waals surface area contributed by atoms with Crippen LogP contribution in [-0.4, -0.2) is 22.3 Å². The van der Waals surface area contributed by atoms with Crippen molar-refractivity contribution < 1.29 is 18.3 Å². The Labute approximate surface area is 153 Å². The Morgan fingerprint density at radius 3 is 2.65 bits per heavy atom. The van der Waals surface area contributed by atoms with Crippen LogP contribution in [0.4, 0.5) is 14.6 Å². The van der Waals surface area contributed by atoms with Gasteiger partial charge in [-0.25, -0.2) is 13.5 Å². The highest BCUT2D eigenvalue weighted by Gasteiger charge is 2.11. The number of hydrogen-bond donors (Lipinski definition) is 1. The molecule has 26 heavy (non-hydrogen) atoms. The normalized spacial score (nSPS) is 10.6. The molecule has 0 bridgehead atoms. The number of hydrogen-bond acceptors (Lipinski definition) is 3. The van der Waals surface area contributed by atoms with Gasteiger partial charge in [0.05, 0.1) is 12.7 Å². The summed E-state index contributed by atoms with van der Waals surface area (Å²) in [7, 11) is 0. The van der Waals surface area contributed by atoms with Gasteiger partial charge in [0.1, 0.15) is 11.6 Å². The number of rotatable bonds is 6. The highest BCUT2D eigenvalue weighted by molar-refractivity contribution is 6.30. The lowest BCUT2D eigenvalue weighted by Gasteiger charge is -2.10. The van der Waals surface area contributed by atoms with Crippen molar-refractivity contribution in [3.63, 3.8) is 0 Å². The van der Waals surface area contributed by atoms with E-state index in [2.05, 4.69) is 10.4 Å². The molecule has 0 saturated carbocycles. The molecular weight excluding hydrogens is 364 g/mol. The second-order valence-corrected chi connectivity index (χ2v) is 5.85. The summed E-state index contributed by atoms with van der Waals surface area (Å²) in [4.78, 5) is 12.0. The van der Waals surface area contributed by atoms with Crippen molar-refractivity contribution in [3.8, 4) is 5.75 Å². The van der Waals surface area contributed by atoms with Crippen LogP contribution in [0.3, 0.4) is 0 Å². The lowest BCUT2D eigenvalue weighted by atomic mass is 10.2. The summed E-state index contributed by atoms with van der Waals surface area (Å²) in [5, 5.41) is 7.43. The van der Waals surface area contributed by atoms with Gasteiger partial charge in [-0.15, -0.1) is 0 Å². The standard InChI is InChI=1S/C18H14ClF2N3O2/c19-13-3-1-12(2-4-13)10-24-17(7-8-22-24)23-18(25)11-26-16-6-5-14(20)9-15(16)21/h1-9H,10-11H2,(H,23,25). The fourth-order valence-electron chi connectivity index (χ4n) is 2.24. The number of anilines is 1. The van der Waals surface area contributed by atoms with Crippen LogP contribution in [0, 0.1) is 11.6 Å². The van der Waals surface area contributed by atoms with E-state index in [1.807, 2.05) is 12.1 Å². The van der Waals surface area contributed by atoms with E-state index >= 15 is 0 Å². The molecule has 0 atom stereocenters. The molecule has 2 aromatic carbocycles. The van der Waals surface area contributed by atoms with Crippen molar-refractivity contribution in [3.05, 3.63) is 76.9 Å². The van der Waals surface area contributed by atoms with Gasteiger partial charge in [-0.2, -0.15) is 5.10 Å². The average Bonchev–Trinajstić information content (AvgIpc) is 3.03. The molecule has 1 N–H and O–H groups in total. The van der Waals surface area contributed by atoms with Gasteiger partial charge in [0.15, 0.2) is 18.2 Å². The highest BCUT2D eigenvalue weighted by Crippen LogP contribution is 2.18. The third-order valence-electron chi connectivity index (χ3n) is 3.48. The lowest BCUT2D eigenvalue weighted by molar-refractivity contribution is -0.118. The average molecular weight is 378 g/mol. The summed E-state index contributed by atoms with van der Waals surface area (Å²) in [5.41, 5.74) is 0.957. The topological polar surface area (TPSA) is 56.1 Å². The van der Waals surface area contributed by atoms with Crippen molar-refractivity contribution >= 4 is 23.3 Å². The van der Waals surface area contributed by atoms with Gasteiger partial charge in [-0.1, -0.05) is 23.7 Å². The van der Waals surface area contributed by atoms with Gasteiger partial charge in [0, 0.05) is 17.2 Å². The number of amides is 1. The van der Waals surface area contributed by atoms with Gasteiger partial charge in [-0.3, -0.25) is 4.79 Å². The monoisotopic (exact) mass is 377 g/mol. The first kappa shape index (κ1) is 17.9. The Hall–Kier alpha value is -2.93. The minimum Gasteiger partial charge on any atom is -0.481 e. The molecule has 0 aliphatic heterocycles. The predicted molar refractivity (Wildman–Crippen MR) is 93.3 cm³/mol. The zero-order valence-electron chi connectivity index (χ0n) is 13.5. The fraction of sp³-hybridized carbons (Fsp3) is 0.111. The summed E-state index contributed by atoms with van der Waals surface area (Å²) in [6.07, 6.45) is 1.55. The van der Waals surface area contributed by atoms with Crippen LogP contribution in [0.15, 0.2) is 54.7 Å². The maximum atomic E-state index is 13.5. The van der Waals surface area contributed by atoms with E-state index < -0.39 is 24.1 Å². The molecule has 0 fully saturated rings. The Balaban J connectivity index is 1.59. The first-order chi connectivity index (χ1) is 12.5. The second-order valence-electron chi connectivity index (χ2n) is 5.41. The first-order valence-electron chi connectivity index (χ1n) is 7.65. The molecule has 3 aromatic rings. The molecule has 0 radical (unpaired) electrons. The summed E-state index contributed by atoms with van der Waals surface area (Å²) in [6, 6.07) is 11.8. The Kier molecular flexibility index (Phi) is 5.48. The number of halogens is 3. The van der Waals surface area contributed by atoms with E-state index in [1.165, 1.54) is 0 Å². The molecule has 0 spiro atoms. The van der Waals surface area contributed by atoms with Crippen LogP contribution in [0.25, 0.3) is 0 Å². The minimum absolute atomic E-state index is 0.198. The van der Waals surface area contributed by atoms with Crippen LogP contribution < -0.4 is 10.1 Å². The second kappa shape index (κ2) is 7.97. The minimum atomic E-state index is -0.870. The van der Waals surface area contributed by atoms with E-state index in [0.29, 0.717) is 23.5 Å². The van der Waals surface area contributed by atoms with Crippen LogP contribution in [0.2, 0.25) is 5.02 Å². The number of nitrogens with one attached hydrogen (secondary N) is 1. The lowest BCUT2D eigenvalue weighted by Crippen LogP contribution is -2.22. The van der Waals surface area contributed by atoms with Gasteiger partial charge < -0.3 is 10.1 Å². The molecule has 8 heteroatoms. The third-order valence-corrected chi connectivity index (χ3v) is 3.73. The van der Waals surface area contributed by atoms with Gasteiger partial charge in [-0.05, 0) is 29.8 Å². The number of benzene rings is 2. The van der Waals surface area contributed by atoms with Crippen LogP contribution in [0.1, 0.15) is 5.56 Å². The Morgan fingerprint density at radius 1 is 1.15 bits per heavy atom. The highest BCUT2D eigenvalue weighted by atomic mass is 35.5. The van der Waals surface area contributed by atoms with Gasteiger partial charge >= 0.3 is 0 Å². The quantitative estimate of drug-likeness (QED) is 0.709. The molecule has 0 unspecified atom stereocenters. The number of carbonyl (C=O) groups excluding carboxylic acids is 1. The molecule has 5 nitrogen and oxygen atoms in total. The van der Waals surface area contributed by atoms with Crippen molar-refractivity contribution in [2.75, 3.05) is 11.9 Å². The largest absolute Gasteiger partial charge is 0.481 e. The van der Waals surface area contributed by atoms with E-state index in [-0.39, 0.29) is 5.75 Å². The molecule has 134 valence electrons. The van der Waals surface area contributed by atoms with E-state index in [9.17, 15) is 13.6 Å². The summed E-state index contributed by atoms with van der Waals surface area (Å²) < 4.78 is 33.0. The summed E-state index contributed by atoms with van der Waals surface area (Å²) in [6.45, 7) is 0.0158. The van der Waals surface area contributed by atoms with Crippen molar-refractivity contribution in [1.82, 2.24) is 9.78 Å². The summed E-state index contributed by atoms with van der Waals surface area (Å²) in [5.74, 6) is -1.81. The van der Waals surface area contributed by atoms with Crippen molar-refractivity contribution in [2.24, 2.45) is 0 Å². The predicted octanol–water partition coefficient (Wildman–Crippen LogP) is 3.88.